The number of amides is 1. The molecule has 3 aromatic rings. The topological polar surface area (TPSA) is 82.0 Å². The molecule has 1 aromatic heterocycles. The van der Waals surface area contributed by atoms with Crippen LogP contribution >= 0.6 is 0 Å². The maximum Gasteiger partial charge on any atom is 0.241 e. The van der Waals surface area contributed by atoms with Crippen LogP contribution in [0.5, 0.6) is 0 Å². The van der Waals surface area contributed by atoms with Crippen LogP contribution < -0.4 is 11.5 Å². The molecule has 4 heteroatoms. The van der Waals surface area contributed by atoms with E-state index in [0.717, 1.165) is 51.2 Å². The minimum atomic E-state index is -0.459. The van der Waals surface area contributed by atoms with Gasteiger partial charge in [-0.15, -0.1) is 0 Å². The number of rotatable bonds is 6. The number of nitrogens with two attached hydrogens (primary N) is 2. The van der Waals surface area contributed by atoms with E-state index in [-0.39, 0.29) is 0 Å². The number of pyridine rings is 1. The number of nitrogens with zero attached hydrogens (tertiary/aromatic N) is 1. The van der Waals surface area contributed by atoms with E-state index in [1.54, 1.807) is 6.08 Å². The maximum absolute atomic E-state index is 11.1. The number of hydrogen-bond acceptors (Lipinski definition) is 3. The SMILES string of the molecule is Cc1ccc(-c2c(CN)c(CC3CC3)nc3ccc(/C=C/C(N)=O)cc23)cc1. The summed E-state index contributed by atoms with van der Waals surface area (Å²) in [6, 6.07) is 14.6. The average molecular weight is 371 g/mol. The smallest absolute Gasteiger partial charge is 0.241 e. The van der Waals surface area contributed by atoms with Gasteiger partial charge < -0.3 is 11.5 Å². The van der Waals surface area contributed by atoms with Gasteiger partial charge in [0.1, 0.15) is 0 Å². The number of aromatic nitrogens is 1. The first-order chi connectivity index (χ1) is 13.5. The van der Waals surface area contributed by atoms with Crippen molar-refractivity contribution in [1.29, 1.82) is 0 Å². The van der Waals surface area contributed by atoms with Gasteiger partial charge in [-0.25, -0.2) is 0 Å². The summed E-state index contributed by atoms with van der Waals surface area (Å²) in [6.45, 7) is 2.54. The van der Waals surface area contributed by atoms with Gasteiger partial charge in [0.2, 0.25) is 5.91 Å². The zero-order valence-corrected chi connectivity index (χ0v) is 16.1. The first-order valence-corrected chi connectivity index (χ1v) is 9.75. The highest BCUT2D eigenvalue weighted by atomic mass is 16.1. The molecule has 1 heterocycles. The van der Waals surface area contributed by atoms with Gasteiger partial charge >= 0.3 is 0 Å². The van der Waals surface area contributed by atoms with Crippen LogP contribution in [-0.4, -0.2) is 10.9 Å². The van der Waals surface area contributed by atoms with E-state index in [2.05, 4.69) is 37.3 Å². The number of fused-ring (bicyclic) bond motifs is 1. The Morgan fingerprint density at radius 3 is 2.57 bits per heavy atom. The van der Waals surface area contributed by atoms with Gasteiger partial charge in [-0.05, 0) is 72.6 Å². The van der Waals surface area contributed by atoms with Crippen LogP contribution in [0.2, 0.25) is 0 Å². The molecule has 1 fully saturated rings. The van der Waals surface area contributed by atoms with Gasteiger partial charge in [-0.3, -0.25) is 9.78 Å². The number of benzene rings is 2. The zero-order chi connectivity index (χ0) is 19.7. The fourth-order valence-electron chi connectivity index (χ4n) is 3.69. The van der Waals surface area contributed by atoms with Crippen molar-refractivity contribution in [3.8, 4) is 11.1 Å². The van der Waals surface area contributed by atoms with Crippen LogP contribution in [0.3, 0.4) is 0 Å². The van der Waals surface area contributed by atoms with E-state index in [4.69, 9.17) is 16.5 Å². The van der Waals surface area contributed by atoms with E-state index in [1.807, 2.05) is 12.1 Å². The molecule has 4 rings (SSSR count). The molecule has 0 saturated heterocycles. The van der Waals surface area contributed by atoms with Crippen molar-refractivity contribution >= 4 is 22.9 Å². The Balaban J connectivity index is 1.96. The lowest BCUT2D eigenvalue weighted by Gasteiger charge is -2.17. The molecule has 142 valence electrons. The molecule has 1 amide bonds. The third-order valence-corrected chi connectivity index (χ3v) is 5.36. The summed E-state index contributed by atoms with van der Waals surface area (Å²) in [4.78, 5) is 16.1. The largest absolute Gasteiger partial charge is 0.366 e. The third-order valence-electron chi connectivity index (χ3n) is 5.36. The Labute approximate surface area is 165 Å². The standard InChI is InChI=1S/C24H25N3O/c1-15-2-8-18(9-3-15)24-19-12-16(7-11-23(26)28)6-10-21(19)27-22(20(24)14-25)13-17-4-5-17/h2-3,6-12,17H,4-5,13-14,25H2,1H3,(H2,26,28)/b11-7+. The van der Waals surface area contributed by atoms with Crippen molar-refractivity contribution < 1.29 is 4.79 Å². The molecule has 0 radical (unpaired) electrons. The van der Waals surface area contributed by atoms with Crippen molar-refractivity contribution in [2.75, 3.05) is 0 Å². The number of carbonyl (C=O) groups excluding carboxylic acids is 1. The van der Waals surface area contributed by atoms with Gasteiger partial charge in [0, 0.05) is 23.7 Å². The second kappa shape index (κ2) is 7.56. The maximum atomic E-state index is 11.1. The summed E-state index contributed by atoms with van der Waals surface area (Å²) >= 11 is 0. The normalized spacial score (nSPS) is 14.1. The number of hydrogen-bond donors (Lipinski definition) is 2. The van der Waals surface area contributed by atoms with Crippen molar-refractivity contribution in [1.82, 2.24) is 4.98 Å². The molecule has 4 N–H and O–H groups in total. The van der Waals surface area contributed by atoms with E-state index in [1.165, 1.54) is 24.5 Å². The molecule has 1 aliphatic carbocycles. The van der Waals surface area contributed by atoms with Gasteiger partial charge in [-0.1, -0.05) is 35.9 Å². The molecule has 4 nitrogen and oxygen atoms in total. The average Bonchev–Trinajstić information content (AvgIpc) is 3.50. The van der Waals surface area contributed by atoms with Crippen LogP contribution in [-0.2, 0) is 17.8 Å². The summed E-state index contributed by atoms with van der Waals surface area (Å²) in [5, 5.41) is 1.05. The summed E-state index contributed by atoms with van der Waals surface area (Å²) < 4.78 is 0. The first-order valence-electron chi connectivity index (χ1n) is 9.75. The lowest BCUT2D eigenvalue weighted by Crippen LogP contribution is -2.08. The fraction of sp³-hybridized carbons (Fsp3) is 0.250. The van der Waals surface area contributed by atoms with Crippen molar-refractivity contribution in [3.05, 3.63) is 70.9 Å². The van der Waals surface area contributed by atoms with E-state index in [9.17, 15) is 4.79 Å². The highest BCUT2D eigenvalue weighted by Crippen LogP contribution is 2.38. The van der Waals surface area contributed by atoms with Crippen LogP contribution in [0.25, 0.3) is 28.1 Å². The predicted molar refractivity (Wildman–Crippen MR) is 114 cm³/mol. The molecule has 0 aliphatic heterocycles. The van der Waals surface area contributed by atoms with E-state index in [0.29, 0.717) is 6.54 Å². The Hall–Kier alpha value is -2.98. The highest BCUT2D eigenvalue weighted by molar-refractivity contribution is 5.98. The van der Waals surface area contributed by atoms with Crippen molar-refractivity contribution in [2.45, 2.75) is 32.7 Å². The van der Waals surface area contributed by atoms with Crippen LogP contribution in [0, 0.1) is 12.8 Å². The van der Waals surface area contributed by atoms with Gasteiger partial charge in [0.05, 0.1) is 5.52 Å². The molecule has 1 aliphatic rings. The number of carbonyl (C=O) groups is 1. The van der Waals surface area contributed by atoms with Crippen LogP contribution in [0.4, 0.5) is 0 Å². The lowest BCUT2D eigenvalue weighted by atomic mass is 9.91. The quantitative estimate of drug-likeness (QED) is 0.640. The second-order valence-corrected chi connectivity index (χ2v) is 7.64. The molecule has 28 heavy (non-hydrogen) atoms. The fourth-order valence-corrected chi connectivity index (χ4v) is 3.69. The lowest BCUT2D eigenvalue weighted by molar-refractivity contribution is -0.113. The Morgan fingerprint density at radius 1 is 1.18 bits per heavy atom. The number of aryl methyl sites for hydroxylation is 1. The molecular weight excluding hydrogens is 346 g/mol. The van der Waals surface area contributed by atoms with Crippen molar-refractivity contribution in [3.63, 3.8) is 0 Å². The summed E-state index contributed by atoms with van der Waals surface area (Å²) in [6.07, 6.45) is 6.66. The summed E-state index contributed by atoms with van der Waals surface area (Å²) in [5.41, 5.74) is 19.1. The van der Waals surface area contributed by atoms with E-state index >= 15 is 0 Å². The van der Waals surface area contributed by atoms with E-state index < -0.39 is 5.91 Å². The minimum absolute atomic E-state index is 0.454. The second-order valence-electron chi connectivity index (χ2n) is 7.64. The zero-order valence-electron chi connectivity index (χ0n) is 16.1. The molecule has 0 spiro atoms. The Bertz CT molecular complexity index is 1060. The van der Waals surface area contributed by atoms with Crippen LogP contribution in [0.1, 0.15) is 35.2 Å². The third kappa shape index (κ3) is 3.82. The molecule has 2 aromatic carbocycles. The highest BCUT2D eigenvalue weighted by Gasteiger charge is 2.25. The van der Waals surface area contributed by atoms with Gasteiger partial charge in [-0.2, -0.15) is 0 Å². The molecule has 1 saturated carbocycles. The van der Waals surface area contributed by atoms with Crippen molar-refractivity contribution in [2.24, 2.45) is 17.4 Å². The molecule has 0 unspecified atom stereocenters. The molecule has 0 bridgehead atoms. The Morgan fingerprint density at radius 2 is 1.93 bits per heavy atom. The predicted octanol–water partition coefficient (Wildman–Crippen LogP) is 4.12. The summed E-state index contributed by atoms with van der Waals surface area (Å²) in [5.74, 6) is 0.276. The molecule has 0 atom stereocenters. The van der Waals surface area contributed by atoms with Crippen LogP contribution in [0.15, 0.2) is 48.5 Å². The molecular formula is C24H25N3O. The summed E-state index contributed by atoms with van der Waals surface area (Å²) in [7, 11) is 0. The minimum Gasteiger partial charge on any atom is -0.366 e. The first kappa shape index (κ1) is 18.4. The number of primary amides is 1. The Kier molecular flexibility index (Phi) is 4.97. The van der Waals surface area contributed by atoms with Gasteiger partial charge in [0.25, 0.3) is 0 Å². The monoisotopic (exact) mass is 371 g/mol. The van der Waals surface area contributed by atoms with Gasteiger partial charge in [0.15, 0.2) is 0 Å².